The van der Waals surface area contributed by atoms with Gasteiger partial charge in [0.05, 0.1) is 12.8 Å². The second-order valence-corrected chi connectivity index (χ2v) is 6.73. The Morgan fingerprint density at radius 2 is 2.19 bits per heavy atom. The lowest BCUT2D eigenvalue weighted by Gasteiger charge is -2.31. The van der Waals surface area contributed by atoms with Crippen molar-refractivity contribution < 1.29 is 4.74 Å². The number of nitrogens with one attached hydrogen (secondary N) is 1. The monoisotopic (exact) mass is 351 g/mol. The first-order valence-electron chi connectivity index (χ1n) is 9.24. The van der Waals surface area contributed by atoms with Crippen LogP contribution in [0.4, 0.5) is 0 Å². The Balaban J connectivity index is 1.78. The Bertz CT molecular complexity index is 855. The van der Waals surface area contributed by atoms with Gasteiger partial charge in [-0.15, -0.1) is 0 Å². The zero-order chi connectivity index (χ0) is 17.9. The number of methoxy groups -OCH3 is 1. The third-order valence-corrected chi connectivity index (χ3v) is 5.22. The summed E-state index contributed by atoms with van der Waals surface area (Å²) in [5, 5.41) is 8.01. The number of hydrogen-bond donors (Lipinski definition) is 1. The lowest BCUT2D eigenvalue weighted by atomic mass is 9.97. The van der Waals surface area contributed by atoms with E-state index in [4.69, 9.17) is 9.72 Å². The zero-order valence-corrected chi connectivity index (χ0v) is 15.3. The molecule has 2 atom stereocenters. The number of imidazole rings is 1. The van der Waals surface area contributed by atoms with Crippen molar-refractivity contribution in [1.29, 1.82) is 0 Å². The van der Waals surface area contributed by atoms with Crippen LogP contribution in [0.1, 0.15) is 32.2 Å². The summed E-state index contributed by atoms with van der Waals surface area (Å²) < 4.78 is 9.67. The van der Waals surface area contributed by atoms with Crippen molar-refractivity contribution in [3.8, 4) is 22.8 Å². The Morgan fingerprint density at radius 1 is 1.27 bits per heavy atom. The molecule has 0 saturated carbocycles. The van der Waals surface area contributed by atoms with Gasteiger partial charge in [-0.2, -0.15) is 5.10 Å². The summed E-state index contributed by atoms with van der Waals surface area (Å²) >= 11 is 0. The molecule has 0 aliphatic carbocycles. The number of rotatable bonds is 5. The summed E-state index contributed by atoms with van der Waals surface area (Å²) in [5.74, 6) is 1.79. The SMILES string of the molecule is CC[C@@H]1C[C@H](n2ccnc2-c2cc(OC)ccc2-n2cccn2)CCN1. The van der Waals surface area contributed by atoms with E-state index >= 15 is 0 Å². The summed E-state index contributed by atoms with van der Waals surface area (Å²) in [6.45, 7) is 3.29. The Hall–Kier alpha value is -2.60. The molecule has 0 spiro atoms. The molecular weight excluding hydrogens is 326 g/mol. The first-order valence-corrected chi connectivity index (χ1v) is 9.24. The standard InChI is InChI=1S/C20H25N5O/c1-3-15-13-16(7-9-21-15)24-12-10-22-20(24)18-14-17(26-2)5-6-19(18)25-11-4-8-23-25/h4-6,8,10-12,14-16,21H,3,7,9,13H2,1-2H3/t15-,16-/m1/s1. The maximum atomic E-state index is 5.47. The zero-order valence-electron chi connectivity index (χ0n) is 15.3. The number of piperidine rings is 1. The van der Waals surface area contributed by atoms with Crippen molar-refractivity contribution in [3.63, 3.8) is 0 Å². The second-order valence-electron chi connectivity index (χ2n) is 6.73. The van der Waals surface area contributed by atoms with Gasteiger partial charge in [-0.3, -0.25) is 0 Å². The van der Waals surface area contributed by atoms with Crippen LogP contribution in [0.25, 0.3) is 17.1 Å². The topological polar surface area (TPSA) is 56.9 Å². The van der Waals surface area contributed by atoms with Crippen LogP contribution in [0.2, 0.25) is 0 Å². The van der Waals surface area contributed by atoms with Crippen LogP contribution in [-0.4, -0.2) is 39.0 Å². The maximum Gasteiger partial charge on any atom is 0.142 e. The highest BCUT2D eigenvalue weighted by Crippen LogP contribution is 2.33. The predicted octanol–water partition coefficient (Wildman–Crippen LogP) is 3.45. The van der Waals surface area contributed by atoms with E-state index in [1.165, 1.54) is 0 Å². The predicted molar refractivity (Wildman–Crippen MR) is 102 cm³/mol. The molecular formula is C20H25N5O. The van der Waals surface area contributed by atoms with Gasteiger partial charge < -0.3 is 14.6 Å². The fraction of sp³-hybridized carbons (Fsp3) is 0.400. The lowest BCUT2D eigenvalue weighted by Crippen LogP contribution is -2.38. The van der Waals surface area contributed by atoms with Gasteiger partial charge in [-0.05, 0) is 50.1 Å². The van der Waals surface area contributed by atoms with Gasteiger partial charge in [-0.1, -0.05) is 6.92 Å². The summed E-state index contributed by atoms with van der Waals surface area (Å²) in [4.78, 5) is 4.70. The molecule has 1 saturated heterocycles. The van der Waals surface area contributed by atoms with Crippen molar-refractivity contribution in [2.75, 3.05) is 13.7 Å². The largest absolute Gasteiger partial charge is 0.497 e. The van der Waals surface area contributed by atoms with Crippen LogP contribution in [0.5, 0.6) is 5.75 Å². The highest BCUT2D eigenvalue weighted by atomic mass is 16.5. The molecule has 1 N–H and O–H groups in total. The molecule has 0 unspecified atom stereocenters. The molecule has 0 amide bonds. The van der Waals surface area contributed by atoms with Crippen LogP contribution in [0.3, 0.4) is 0 Å². The van der Waals surface area contributed by atoms with Gasteiger partial charge in [-0.25, -0.2) is 9.67 Å². The van der Waals surface area contributed by atoms with Crippen LogP contribution < -0.4 is 10.1 Å². The minimum Gasteiger partial charge on any atom is -0.497 e. The average molecular weight is 351 g/mol. The molecule has 1 aliphatic heterocycles. The van der Waals surface area contributed by atoms with E-state index in [1.54, 1.807) is 13.3 Å². The van der Waals surface area contributed by atoms with Crippen molar-refractivity contribution in [3.05, 3.63) is 49.1 Å². The van der Waals surface area contributed by atoms with Crippen LogP contribution in [0, 0.1) is 0 Å². The number of ether oxygens (including phenoxy) is 1. The van der Waals surface area contributed by atoms with Crippen LogP contribution in [-0.2, 0) is 0 Å². The highest BCUT2D eigenvalue weighted by molar-refractivity contribution is 5.70. The van der Waals surface area contributed by atoms with Crippen molar-refractivity contribution in [2.24, 2.45) is 0 Å². The molecule has 4 rings (SSSR count). The summed E-state index contributed by atoms with van der Waals surface area (Å²) in [7, 11) is 1.69. The third kappa shape index (κ3) is 3.12. The van der Waals surface area contributed by atoms with E-state index in [0.29, 0.717) is 12.1 Å². The van der Waals surface area contributed by atoms with Crippen molar-refractivity contribution >= 4 is 0 Å². The molecule has 3 aromatic rings. The lowest BCUT2D eigenvalue weighted by molar-refractivity contribution is 0.297. The molecule has 0 radical (unpaired) electrons. The first kappa shape index (κ1) is 16.8. The van der Waals surface area contributed by atoms with Gasteiger partial charge in [0.2, 0.25) is 0 Å². The van der Waals surface area contributed by atoms with E-state index in [0.717, 1.165) is 48.6 Å². The Labute approximate surface area is 153 Å². The average Bonchev–Trinajstić information content (AvgIpc) is 3.39. The molecule has 6 heteroatoms. The normalized spacial score (nSPS) is 20.2. The van der Waals surface area contributed by atoms with Crippen LogP contribution in [0.15, 0.2) is 49.1 Å². The number of hydrogen-bond acceptors (Lipinski definition) is 4. The van der Waals surface area contributed by atoms with E-state index in [-0.39, 0.29) is 0 Å². The summed E-state index contributed by atoms with van der Waals surface area (Å²) in [6, 6.07) is 9.01. The molecule has 26 heavy (non-hydrogen) atoms. The molecule has 1 aliphatic rings. The highest BCUT2D eigenvalue weighted by Gasteiger charge is 2.24. The summed E-state index contributed by atoms with van der Waals surface area (Å²) in [5.41, 5.74) is 2.04. The molecule has 136 valence electrons. The number of nitrogens with zero attached hydrogens (tertiary/aromatic N) is 4. The Morgan fingerprint density at radius 3 is 2.96 bits per heavy atom. The smallest absolute Gasteiger partial charge is 0.142 e. The van der Waals surface area contributed by atoms with Gasteiger partial charge in [0.25, 0.3) is 0 Å². The fourth-order valence-corrected chi connectivity index (χ4v) is 3.80. The van der Waals surface area contributed by atoms with Crippen molar-refractivity contribution in [1.82, 2.24) is 24.6 Å². The van der Waals surface area contributed by atoms with Gasteiger partial charge in [0, 0.05) is 42.4 Å². The second kappa shape index (κ2) is 7.33. The van der Waals surface area contributed by atoms with E-state index < -0.39 is 0 Å². The van der Waals surface area contributed by atoms with E-state index in [2.05, 4.69) is 28.1 Å². The fourth-order valence-electron chi connectivity index (χ4n) is 3.80. The molecule has 2 aromatic heterocycles. The minimum absolute atomic E-state index is 0.454. The van der Waals surface area contributed by atoms with Gasteiger partial charge >= 0.3 is 0 Å². The minimum atomic E-state index is 0.454. The van der Waals surface area contributed by atoms with Gasteiger partial charge in [0.1, 0.15) is 11.6 Å². The van der Waals surface area contributed by atoms with E-state index in [1.807, 2.05) is 41.3 Å². The quantitative estimate of drug-likeness (QED) is 0.765. The number of aromatic nitrogens is 4. The van der Waals surface area contributed by atoms with Crippen molar-refractivity contribution in [2.45, 2.75) is 38.3 Å². The molecule has 6 nitrogen and oxygen atoms in total. The first-order chi connectivity index (χ1) is 12.8. The third-order valence-electron chi connectivity index (χ3n) is 5.22. The number of benzene rings is 1. The molecule has 1 fully saturated rings. The maximum absolute atomic E-state index is 5.47. The molecule has 3 heterocycles. The summed E-state index contributed by atoms with van der Waals surface area (Å²) in [6.07, 6.45) is 11.1. The van der Waals surface area contributed by atoms with E-state index in [9.17, 15) is 0 Å². The molecule has 0 bridgehead atoms. The Kier molecular flexibility index (Phi) is 4.75. The van der Waals surface area contributed by atoms with Crippen LogP contribution >= 0.6 is 0 Å². The van der Waals surface area contributed by atoms with Gasteiger partial charge in [0.15, 0.2) is 0 Å². The molecule has 1 aromatic carbocycles.